The standard InChI is InChI=1S/C11H16F2N2O2S/c1-3-14-7(2)6-15-10(16)9-8(4-5-18-9)17-11(12)13/h4-5,7,11,14H,3,6H2,1-2H3,(H,15,16)/t7-/m1/s1. The van der Waals surface area contributed by atoms with Crippen LogP contribution in [0, 0.1) is 0 Å². The van der Waals surface area contributed by atoms with Crippen molar-refractivity contribution in [3.63, 3.8) is 0 Å². The van der Waals surface area contributed by atoms with Crippen LogP contribution >= 0.6 is 11.3 Å². The second-order valence-corrected chi connectivity index (χ2v) is 4.58. The van der Waals surface area contributed by atoms with Gasteiger partial charge >= 0.3 is 6.61 Å². The molecule has 1 aromatic rings. The highest BCUT2D eigenvalue weighted by Gasteiger charge is 2.17. The van der Waals surface area contributed by atoms with Gasteiger partial charge in [-0.25, -0.2) is 0 Å². The molecule has 18 heavy (non-hydrogen) atoms. The molecule has 0 radical (unpaired) electrons. The molecule has 0 unspecified atom stereocenters. The van der Waals surface area contributed by atoms with Crippen molar-refractivity contribution in [2.24, 2.45) is 0 Å². The van der Waals surface area contributed by atoms with E-state index in [1.54, 1.807) is 5.38 Å². The smallest absolute Gasteiger partial charge is 0.387 e. The van der Waals surface area contributed by atoms with Gasteiger partial charge in [-0.15, -0.1) is 11.3 Å². The summed E-state index contributed by atoms with van der Waals surface area (Å²) in [5, 5.41) is 7.34. The number of ether oxygens (including phenoxy) is 1. The number of hydrogen-bond acceptors (Lipinski definition) is 4. The van der Waals surface area contributed by atoms with Gasteiger partial charge in [0.2, 0.25) is 0 Å². The van der Waals surface area contributed by atoms with Gasteiger partial charge in [-0.05, 0) is 24.9 Å². The summed E-state index contributed by atoms with van der Waals surface area (Å²) in [5.74, 6) is -0.478. The van der Waals surface area contributed by atoms with Crippen LogP contribution in [-0.2, 0) is 0 Å². The summed E-state index contributed by atoms with van der Waals surface area (Å²) in [6, 6.07) is 1.48. The number of hydrogen-bond donors (Lipinski definition) is 2. The SMILES string of the molecule is CCN[C@H](C)CNC(=O)c1sccc1OC(F)F. The Morgan fingerprint density at radius 1 is 1.56 bits per heavy atom. The van der Waals surface area contributed by atoms with Crippen LogP contribution in [-0.4, -0.2) is 31.7 Å². The predicted octanol–water partition coefficient (Wildman–Crippen LogP) is 2.08. The maximum atomic E-state index is 12.1. The van der Waals surface area contributed by atoms with Crippen molar-refractivity contribution in [2.45, 2.75) is 26.5 Å². The molecule has 1 amide bonds. The number of amides is 1. The zero-order valence-electron chi connectivity index (χ0n) is 10.2. The van der Waals surface area contributed by atoms with Crippen LogP contribution in [0.2, 0.25) is 0 Å². The second-order valence-electron chi connectivity index (χ2n) is 3.66. The van der Waals surface area contributed by atoms with Gasteiger partial charge in [-0.2, -0.15) is 8.78 Å². The molecule has 0 aliphatic heterocycles. The van der Waals surface area contributed by atoms with Crippen LogP contribution < -0.4 is 15.4 Å². The maximum absolute atomic E-state index is 12.1. The van der Waals surface area contributed by atoms with E-state index >= 15 is 0 Å². The van der Waals surface area contributed by atoms with Crippen molar-refractivity contribution in [2.75, 3.05) is 13.1 Å². The molecule has 0 spiro atoms. The van der Waals surface area contributed by atoms with Crippen molar-refractivity contribution in [3.05, 3.63) is 16.3 Å². The summed E-state index contributed by atoms with van der Waals surface area (Å²) in [7, 11) is 0. The number of nitrogens with one attached hydrogen (secondary N) is 2. The monoisotopic (exact) mass is 278 g/mol. The average molecular weight is 278 g/mol. The summed E-state index contributed by atoms with van der Waals surface area (Å²) in [4.78, 5) is 11.9. The Morgan fingerprint density at radius 2 is 2.28 bits per heavy atom. The summed E-state index contributed by atoms with van der Waals surface area (Å²) >= 11 is 1.07. The fourth-order valence-electron chi connectivity index (χ4n) is 1.40. The van der Waals surface area contributed by atoms with Gasteiger partial charge in [0.1, 0.15) is 10.6 Å². The van der Waals surface area contributed by atoms with Gasteiger partial charge < -0.3 is 15.4 Å². The first-order valence-electron chi connectivity index (χ1n) is 5.58. The molecule has 0 saturated heterocycles. The Balaban J connectivity index is 2.53. The first kappa shape index (κ1) is 14.8. The Hall–Kier alpha value is -1.21. The van der Waals surface area contributed by atoms with Crippen LogP contribution in [0.5, 0.6) is 5.75 Å². The first-order chi connectivity index (χ1) is 8.54. The van der Waals surface area contributed by atoms with Gasteiger partial charge in [0.25, 0.3) is 5.91 Å². The predicted molar refractivity (Wildman–Crippen MR) is 66.4 cm³/mol. The van der Waals surface area contributed by atoms with Crippen molar-refractivity contribution in [3.8, 4) is 5.75 Å². The second kappa shape index (κ2) is 7.27. The molecule has 0 bridgehead atoms. The van der Waals surface area contributed by atoms with E-state index in [0.29, 0.717) is 6.54 Å². The van der Waals surface area contributed by atoms with Crippen molar-refractivity contribution in [1.82, 2.24) is 10.6 Å². The molecular formula is C11H16F2N2O2S. The van der Waals surface area contributed by atoms with Crippen molar-refractivity contribution in [1.29, 1.82) is 0 Å². The van der Waals surface area contributed by atoms with Crippen LogP contribution in [0.25, 0.3) is 0 Å². The van der Waals surface area contributed by atoms with Crippen LogP contribution in [0.15, 0.2) is 11.4 Å². The van der Waals surface area contributed by atoms with Gasteiger partial charge in [0, 0.05) is 12.6 Å². The lowest BCUT2D eigenvalue weighted by Gasteiger charge is -2.13. The molecule has 1 rings (SSSR count). The van der Waals surface area contributed by atoms with Crippen molar-refractivity contribution < 1.29 is 18.3 Å². The third-order valence-electron chi connectivity index (χ3n) is 2.17. The minimum absolute atomic E-state index is 0.0800. The molecule has 0 aliphatic carbocycles. The van der Waals surface area contributed by atoms with Gasteiger partial charge in [0.05, 0.1) is 0 Å². The van der Waals surface area contributed by atoms with E-state index in [-0.39, 0.29) is 16.7 Å². The number of rotatable bonds is 7. The van der Waals surface area contributed by atoms with Gasteiger partial charge in [-0.3, -0.25) is 4.79 Å². The number of carbonyl (C=O) groups excluding carboxylic acids is 1. The Kier molecular flexibility index (Phi) is 6.00. The largest absolute Gasteiger partial charge is 0.433 e. The van der Waals surface area contributed by atoms with E-state index in [0.717, 1.165) is 17.9 Å². The van der Waals surface area contributed by atoms with E-state index in [1.165, 1.54) is 6.07 Å². The zero-order valence-corrected chi connectivity index (χ0v) is 11.0. The molecule has 0 fully saturated rings. The number of alkyl halides is 2. The molecule has 4 nitrogen and oxygen atoms in total. The Labute approximate surface area is 108 Å². The molecule has 2 N–H and O–H groups in total. The van der Waals surface area contributed by atoms with Crippen LogP contribution in [0.1, 0.15) is 23.5 Å². The summed E-state index contributed by atoms with van der Waals surface area (Å²) < 4.78 is 28.5. The number of likely N-dealkylation sites (N-methyl/N-ethyl adjacent to an activating group) is 1. The van der Waals surface area contributed by atoms with Gasteiger partial charge in [-0.1, -0.05) is 6.92 Å². The summed E-state index contributed by atoms with van der Waals surface area (Å²) in [6.45, 7) is 2.20. The number of carbonyl (C=O) groups is 1. The lowest BCUT2D eigenvalue weighted by Crippen LogP contribution is -2.38. The first-order valence-corrected chi connectivity index (χ1v) is 6.46. The molecule has 0 aromatic carbocycles. The molecule has 0 saturated carbocycles. The van der Waals surface area contributed by atoms with E-state index in [9.17, 15) is 13.6 Å². The third kappa shape index (κ3) is 4.58. The maximum Gasteiger partial charge on any atom is 0.387 e. The average Bonchev–Trinajstić information content (AvgIpc) is 2.73. The molecular weight excluding hydrogens is 262 g/mol. The lowest BCUT2D eigenvalue weighted by atomic mass is 10.3. The van der Waals surface area contributed by atoms with E-state index in [4.69, 9.17) is 0 Å². The fraction of sp³-hybridized carbons (Fsp3) is 0.545. The molecule has 102 valence electrons. The van der Waals surface area contributed by atoms with Crippen LogP contribution in [0.3, 0.4) is 0 Å². The lowest BCUT2D eigenvalue weighted by molar-refractivity contribution is -0.0498. The highest BCUT2D eigenvalue weighted by Crippen LogP contribution is 2.26. The highest BCUT2D eigenvalue weighted by molar-refractivity contribution is 7.12. The molecule has 7 heteroatoms. The number of thiophene rings is 1. The van der Waals surface area contributed by atoms with E-state index in [1.807, 2.05) is 13.8 Å². The van der Waals surface area contributed by atoms with Gasteiger partial charge in [0.15, 0.2) is 0 Å². The molecule has 1 heterocycles. The highest BCUT2D eigenvalue weighted by atomic mass is 32.1. The van der Waals surface area contributed by atoms with Crippen molar-refractivity contribution >= 4 is 17.2 Å². The molecule has 1 aromatic heterocycles. The Bertz CT molecular complexity index is 385. The fourth-order valence-corrected chi connectivity index (χ4v) is 2.14. The minimum Gasteiger partial charge on any atom is -0.433 e. The van der Waals surface area contributed by atoms with Crippen LogP contribution in [0.4, 0.5) is 8.78 Å². The number of halogens is 2. The van der Waals surface area contributed by atoms with E-state index in [2.05, 4.69) is 15.4 Å². The third-order valence-corrected chi connectivity index (χ3v) is 3.07. The molecule has 1 atom stereocenters. The van der Waals surface area contributed by atoms with E-state index < -0.39 is 12.5 Å². The zero-order chi connectivity index (χ0) is 13.5. The summed E-state index contributed by atoms with van der Waals surface area (Å²) in [5.41, 5.74) is 0. The normalized spacial score (nSPS) is 12.5. The summed E-state index contributed by atoms with van der Waals surface area (Å²) in [6.07, 6.45) is 0. The topological polar surface area (TPSA) is 50.4 Å². The molecule has 0 aliphatic rings. The quantitative estimate of drug-likeness (QED) is 0.803. The Morgan fingerprint density at radius 3 is 2.89 bits per heavy atom. The minimum atomic E-state index is -2.92.